The zero-order valence-corrected chi connectivity index (χ0v) is 12.5. The first-order valence-corrected chi connectivity index (χ1v) is 7.20. The van der Waals surface area contributed by atoms with Gasteiger partial charge in [0.15, 0.2) is 6.29 Å². The van der Waals surface area contributed by atoms with Gasteiger partial charge in [0, 0.05) is 12.8 Å². The van der Waals surface area contributed by atoms with Crippen LogP contribution in [-0.2, 0) is 23.8 Å². The van der Waals surface area contributed by atoms with Crippen molar-refractivity contribution >= 4 is 11.9 Å². The van der Waals surface area contributed by atoms with E-state index in [1.807, 2.05) is 0 Å². The molecule has 9 heteroatoms. The molecule has 1 rings (SSSR count). The van der Waals surface area contributed by atoms with Crippen molar-refractivity contribution in [1.82, 2.24) is 0 Å². The molecule has 0 saturated carbocycles. The lowest BCUT2D eigenvalue weighted by molar-refractivity contribution is -0.287. The van der Waals surface area contributed by atoms with Crippen LogP contribution in [0.5, 0.6) is 0 Å². The first-order valence-electron chi connectivity index (χ1n) is 7.20. The van der Waals surface area contributed by atoms with E-state index < -0.39 is 42.6 Å². The minimum Gasteiger partial charge on any atom is -0.463 e. The summed E-state index contributed by atoms with van der Waals surface area (Å²) in [5.41, 5.74) is 0. The average molecular weight is 334 g/mol. The van der Waals surface area contributed by atoms with E-state index in [4.69, 9.17) is 9.47 Å². The number of hydrogen-bond acceptors (Lipinski definition) is 9. The van der Waals surface area contributed by atoms with E-state index in [-0.39, 0.29) is 19.4 Å². The highest BCUT2D eigenvalue weighted by atomic mass is 16.6. The summed E-state index contributed by atoms with van der Waals surface area (Å²) in [4.78, 5) is 22.5. The van der Waals surface area contributed by atoms with Crippen molar-refractivity contribution in [3.05, 3.63) is 12.8 Å². The van der Waals surface area contributed by atoms with Gasteiger partial charge in [-0.1, -0.05) is 6.58 Å². The van der Waals surface area contributed by atoms with Crippen molar-refractivity contribution in [2.45, 2.75) is 56.4 Å². The Balaban J connectivity index is 2.23. The third kappa shape index (κ3) is 6.24. The topological polar surface area (TPSA) is 143 Å². The van der Waals surface area contributed by atoms with Gasteiger partial charge in [0.25, 0.3) is 0 Å². The minimum absolute atomic E-state index is 0.0535. The van der Waals surface area contributed by atoms with Crippen LogP contribution in [0.1, 0.15) is 25.7 Å². The number of esters is 2. The number of ether oxygens (including phenoxy) is 3. The smallest absolute Gasteiger partial charge is 0.310 e. The third-order valence-corrected chi connectivity index (χ3v) is 3.32. The van der Waals surface area contributed by atoms with Crippen molar-refractivity contribution in [3.8, 4) is 0 Å². The number of carbonyl (C=O) groups excluding carboxylic acids is 2. The fraction of sp³-hybridized carbons (Fsp3) is 0.714. The quantitative estimate of drug-likeness (QED) is 0.239. The lowest BCUT2D eigenvalue weighted by Crippen LogP contribution is -2.58. The first kappa shape index (κ1) is 19.5. The predicted octanol–water partition coefficient (Wildman–Crippen LogP) is -1.42. The molecule has 0 aromatic carbocycles. The highest BCUT2D eigenvalue weighted by Crippen LogP contribution is 2.20. The molecule has 0 radical (unpaired) electrons. The Kier molecular flexibility index (Phi) is 8.13. The van der Waals surface area contributed by atoms with Crippen LogP contribution in [0.4, 0.5) is 0 Å². The summed E-state index contributed by atoms with van der Waals surface area (Å²) in [6.45, 7) is 2.87. The van der Waals surface area contributed by atoms with E-state index in [0.29, 0.717) is 12.8 Å². The molecule has 1 aliphatic heterocycles. The van der Waals surface area contributed by atoms with Gasteiger partial charge in [0.1, 0.15) is 31.0 Å². The number of hydrogen-bond donors (Lipinski definition) is 4. The molecule has 0 aliphatic carbocycles. The monoisotopic (exact) mass is 334 g/mol. The van der Waals surface area contributed by atoms with E-state index in [1.165, 1.54) is 0 Å². The maximum Gasteiger partial charge on any atom is 0.310 e. The van der Waals surface area contributed by atoms with Gasteiger partial charge in [-0.05, 0) is 12.8 Å². The zero-order chi connectivity index (χ0) is 17.4. The molecule has 0 spiro atoms. The van der Waals surface area contributed by atoms with Crippen molar-refractivity contribution in [2.75, 3.05) is 6.61 Å². The summed E-state index contributed by atoms with van der Waals surface area (Å²) < 4.78 is 14.3. The molecule has 9 nitrogen and oxygen atoms in total. The Morgan fingerprint density at radius 1 is 1.00 bits per heavy atom. The molecule has 0 aromatic rings. The lowest BCUT2D eigenvalue weighted by atomic mass is 9.99. The van der Waals surface area contributed by atoms with Gasteiger partial charge in [-0.15, -0.1) is 0 Å². The first-order chi connectivity index (χ1) is 10.9. The van der Waals surface area contributed by atoms with Crippen LogP contribution >= 0.6 is 0 Å². The molecule has 1 aliphatic rings. The number of carbonyl (C=O) groups is 2. The molecule has 5 atom stereocenters. The number of aliphatic hydroxyl groups excluding tert-OH is 4. The summed E-state index contributed by atoms with van der Waals surface area (Å²) in [6, 6.07) is 0. The number of aliphatic hydroxyl groups is 4. The molecule has 4 N–H and O–H groups in total. The Labute approximate surface area is 133 Å². The maximum atomic E-state index is 11.5. The third-order valence-electron chi connectivity index (χ3n) is 3.32. The SMILES string of the molecule is C=COC(=O)CCCCC(=O)OC[C@H]1O[C@@H](O)[C@H](O)[C@@H](O)[C@@H]1O. The zero-order valence-electron chi connectivity index (χ0n) is 12.5. The van der Waals surface area contributed by atoms with Crippen LogP contribution in [0.2, 0.25) is 0 Å². The molecule has 1 fully saturated rings. The molecule has 0 unspecified atom stereocenters. The Morgan fingerprint density at radius 3 is 2.22 bits per heavy atom. The standard InChI is InChI=1S/C14H22O9/c1-2-21-9(15)5-3-4-6-10(16)22-7-8-11(17)12(18)13(19)14(20)23-8/h2,8,11-14,17-20H,1,3-7H2/t8-,11-,12+,13-,14-/m1/s1. The van der Waals surface area contributed by atoms with Crippen LogP contribution in [0.3, 0.4) is 0 Å². The summed E-state index contributed by atoms with van der Waals surface area (Å²) in [5.74, 6) is -1.01. The van der Waals surface area contributed by atoms with E-state index >= 15 is 0 Å². The van der Waals surface area contributed by atoms with E-state index in [0.717, 1.165) is 6.26 Å². The molecule has 1 heterocycles. The molecule has 0 aromatic heterocycles. The number of unbranched alkanes of at least 4 members (excludes halogenated alkanes) is 1. The summed E-state index contributed by atoms with van der Waals surface area (Å²) in [7, 11) is 0. The van der Waals surface area contributed by atoms with E-state index in [1.54, 1.807) is 0 Å². The second-order valence-electron chi connectivity index (χ2n) is 5.08. The van der Waals surface area contributed by atoms with Crippen LogP contribution in [0, 0.1) is 0 Å². The van der Waals surface area contributed by atoms with Crippen molar-refractivity contribution in [2.24, 2.45) is 0 Å². The lowest BCUT2D eigenvalue weighted by Gasteiger charge is -2.37. The van der Waals surface area contributed by atoms with Gasteiger partial charge < -0.3 is 34.6 Å². The summed E-state index contributed by atoms with van der Waals surface area (Å²) in [5, 5.41) is 37.8. The van der Waals surface area contributed by atoms with Gasteiger partial charge in [-0.25, -0.2) is 0 Å². The maximum absolute atomic E-state index is 11.5. The molecular weight excluding hydrogens is 312 g/mol. The largest absolute Gasteiger partial charge is 0.463 e. The van der Waals surface area contributed by atoms with Crippen molar-refractivity contribution < 1.29 is 44.2 Å². The van der Waals surface area contributed by atoms with Crippen molar-refractivity contribution in [1.29, 1.82) is 0 Å². The van der Waals surface area contributed by atoms with Crippen LogP contribution in [0.25, 0.3) is 0 Å². The van der Waals surface area contributed by atoms with Gasteiger partial charge in [-0.2, -0.15) is 0 Å². The highest BCUT2D eigenvalue weighted by Gasteiger charge is 2.43. The van der Waals surface area contributed by atoms with Crippen LogP contribution in [0.15, 0.2) is 12.8 Å². The van der Waals surface area contributed by atoms with Gasteiger partial charge in [-0.3, -0.25) is 9.59 Å². The molecular formula is C14H22O9. The molecule has 1 saturated heterocycles. The Bertz CT molecular complexity index is 411. The molecule has 132 valence electrons. The number of rotatable bonds is 8. The van der Waals surface area contributed by atoms with Gasteiger partial charge in [0.05, 0.1) is 6.26 Å². The Morgan fingerprint density at radius 2 is 1.61 bits per heavy atom. The minimum atomic E-state index is -1.67. The fourth-order valence-electron chi connectivity index (χ4n) is 2.01. The molecule has 23 heavy (non-hydrogen) atoms. The second kappa shape index (κ2) is 9.58. The molecule has 0 bridgehead atoms. The van der Waals surface area contributed by atoms with E-state index in [2.05, 4.69) is 11.3 Å². The van der Waals surface area contributed by atoms with Crippen molar-refractivity contribution in [3.63, 3.8) is 0 Å². The predicted molar refractivity (Wildman–Crippen MR) is 74.6 cm³/mol. The normalized spacial score (nSPS) is 30.5. The van der Waals surface area contributed by atoms with Gasteiger partial charge >= 0.3 is 11.9 Å². The highest BCUT2D eigenvalue weighted by molar-refractivity contribution is 5.70. The van der Waals surface area contributed by atoms with Crippen LogP contribution in [-0.4, -0.2) is 69.7 Å². The molecule has 0 amide bonds. The van der Waals surface area contributed by atoms with Gasteiger partial charge in [0.2, 0.25) is 0 Å². The summed E-state index contributed by atoms with van der Waals surface area (Å²) in [6.07, 6.45) is -5.45. The van der Waals surface area contributed by atoms with E-state index in [9.17, 15) is 30.0 Å². The fourth-order valence-corrected chi connectivity index (χ4v) is 2.01. The summed E-state index contributed by atoms with van der Waals surface area (Å²) >= 11 is 0. The van der Waals surface area contributed by atoms with Crippen LogP contribution < -0.4 is 0 Å². The second-order valence-corrected chi connectivity index (χ2v) is 5.08. The average Bonchev–Trinajstić information content (AvgIpc) is 2.52. The Hall–Kier alpha value is -1.52.